The summed E-state index contributed by atoms with van der Waals surface area (Å²) in [4.78, 5) is 25.3. The van der Waals surface area contributed by atoms with Gasteiger partial charge in [-0.25, -0.2) is 4.79 Å². The van der Waals surface area contributed by atoms with Gasteiger partial charge in [0.15, 0.2) is 25.0 Å². The number of aliphatic hydroxyl groups is 11. The van der Waals surface area contributed by atoms with E-state index in [-0.39, 0.29) is 29.1 Å². The Morgan fingerprint density at radius 3 is 1.84 bits per heavy atom. The quantitative estimate of drug-likeness (QED) is 0.0659. The molecular weight excluding hydrogens is 925 g/mol. The highest BCUT2D eigenvalue weighted by atomic mass is 16.8. The molecule has 5 aliphatic carbocycles. The lowest BCUT2D eigenvalue weighted by Gasteiger charge is -2.72. The van der Waals surface area contributed by atoms with Gasteiger partial charge in [0.1, 0.15) is 67.1 Å². The number of carbonyl (C=O) groups is 2. The van der Waals surface area contributed by atoms with E-state index in [1.165, 1.54) is 6.92 Å². The first kappa shape index (κ1) is 54.3. The van der Waals surface area contributed by atoms with E-state index in [2.05, 4.69) is 40.7 Å². The Morgan fingerprint density at radius 2 is 1.27 bits per heavy atom. The zero-order valence-corrected chi connectivity index (χ0v) is 41.3. The van der Waals surface area contributed by atoms with Gasteiger partial charge in [0.05, 0.1) is 43.5 Å². The van der Waals surface area contributed by atoms with Crippen LogP contribution in [0.25, 0.3) is 0 Å². The predicted molar refractivity (Wildman–Crippen MR) is 238 cm³/mol. The van der Waals surface area contributed by atoms with Crippen molar-refractivity contribution in [3.63, 3.8) is 0 Å². The maximum Gasteiger partial charge on any atom is 0.335 e. The molecule has 400 valence electrons. The van der Waals surface area contributed by atoms with Gasteiger partial charge in [-0.2, -0.15) is 0 Å². The molecule has 25 atom stereocenters. The molecule has 0 aromatic rings. The summed E-state index contributed by atoms with van der Waals surface area (Å²) in [6.45, 7) is 14.0. The predicted octanol–water partition coefficient (Wildman–Crippen LogP) is -1.17. The molecule has 0 aromatic heterocycles. The average molecular weight is 1000 g/mol. The van der Waals surface area contributed by atoms with Crippen molar-refractivity contribution in [2.75, 3.05) is 19.8 Å². The van der Waals surface area contributed by atoms with E-state index in [4.69, 9.17) is 33.2 Å². The van der Waals surface area contributed by atoms with E-state index < -0.39 is 170 Å². The minimum Gasteiger partial charge on any atom is -0.479 e. The van der Waals surface area contributed by atoms with Crippen molar-refractivity contribution in [2.24, 2.45) is 50.2 Å². The number of hydrogen-bond donors (Lipinski definition) is 12. The first-order chi connectivity index (χ1) is 32.6. The van der Waals surface area contributed by atoms with Crippen LogP contribution in [0.2, 0.25) is 0 Å². The number of aliphatic carboxylic acids is 1. The molecule has 8 aliphatic rings. The van der Waals surface area contributed by atoms with Crippen molar-refractivity contribution in [3.05, 3.63) is 11.6 Å². The van der Waals surface area contributed by atoms with Gasteiger partial charge in [0.2, 0.25) is 0 Å². The second kappa shape index (κ2) is 19.0. The second-order valence-corrected chi connectivity index (χ2v) is 23.8. The van der Waals surface area contributed by atoms with E-state index in [9.17, 15) is 70.9 Å². The number of carboxylic acid groups (broad SMARTS) is 1. The topological polar surface area (TPSA) is 342 Å². The Balaban J connectivity index is 1.11. The molecule has 21 heteroatoms. The molecule has 7 fully saturated rings. The van der Waals surface area contributed by atoms with Crippen molar-refractivity contribution in [2.45, 2.75) is 211 Å². The number of ether oxygens (including phenoxy) is 7. The second-order valence-electron chi connectivity index (χ2n) is 23.8. The molecular formula is C49H78O21. The number of carboxylic acids is 1. The fourth-order valence-corrected chi connectivity index (χ4v) is 15.5. The zero-order valence-electron chi connectivity index (χ0n) is 41.3. The molecule has 3 aliphatic heterocycles. The van der Waals surface area contributed by atoms with Crippen LogP contribution in [0, 0.1) is 50.2 Å². The number of hydrogen-bond acceptors (Lipinski definition) is 20. The van der Waals surface area contributed by atoms with Crippen LogP contribution in [0.15, 0.2) is 11.6 Å². The number of carbonyl (C=O) groups excluding carboxylic acids is 1. The Kier molecular flexibility index (Phi) is 14.7. The normalized spacial score (nSPS) is 52.8. The first-order valence-electron chi connectivity index (χ1n) is 24.9. The lowest BCUT2D eigenvalue weighted by Crippen LogP contribution is -2.72. The molecule has 4 saturated carbocycles. The van der Waals surface area contributed by atoms with Crippen molar-refractivity contribution < 1.29 is 104 Å². The minimum absolute atomic E-state index is 0.0298. The van der Waals surface area contributed by atoms with Gasteiger partial charge in [0.25, 0.3) is 0 Å². The van der Waals surface area contributed by atoms with Crippen LogP contribution >= 0.6 is 0 Å². The molecule has 3 saturated heterocycles. The molecule has 0 radical (unpaired) electrons. The minimum atomic E-state index is -2.09. The van der Waals surface area contributed by atoms with Crippen molar-refractivity contribution in [3.8, 4) is 0 Å². The third kappa shape index (κ3) is 8.15. The van der Waals surface area contributed by atoms with E-state index in [0.717, 1.165) is 12.0 Å². The molecule has 0 amide bonds. The number of allylic oxidation sites excluding steroid dienone is 2. The number of esters is 1. The molecule has 3 heterocycles. The summed E-state index contributed by atoms with van der Waals surface area (Å²) in [6, 6.07) is 0. The van der Waals surface area contributed by atoms with Gasteiger partial charge in [0, 0.05) is 6.92 Å². The van der Waals surface area contributed by atoms with Crippen molar-refractivity contribution in [1.29, 1.82) is 0 Å². The van der Waals surface area contributed by atoms with Crippen LogP contribution in [0.1, 0.15) is 100 Å². The Labute approximate surface area is 407 Å². The highest BCUT2D eigenvalue weighted by Crippen LogP contribution is 2.76. The summed E-state index contributed by atoms with van der Waals surface area (Å²) in [5.74, 6) is -2.60. The Morgan fingerprint density at radius 1 is 0.686 bits per heavy atom. The summed E-state index contributed by atoms with van der Waals surface area (Å²) in [5.41, 5.74) is -2.93. The largest absolute Gasteiger partial charge is 0.479 e. The molecule has 0 bridgehead atoms. The van der Waals surface area contributed by atoms with Gasteiger partial charge >= 0.3 is 11.9 Å². The number of fused-ring (bicyclic) bond motifs is 7. The molecule has 0 aromatic carbocycles. The van der Waals surface area contributed by atoms with Crippen LogP contribution in [-0.2, 0) is 42.7 Å². The van der Waals surface area contributed by atoms with E-state index >= 15 is 0 Å². The standard InChI is InChI=1S/C49H78O21/c1-20(53)64-39-38(61)44(2,3)15-22-21-9-10-26-46(6)13-12-28(45(4,5)25(46)11-14-47(26,7)48(21,8)16-27(54)49(22,39)19-52)67-43-37(70-42-33(59)31(57)29(55)23(17-50)65-42)35(34(60)36(69-43)40(62)63)68-41-32(58)30(56)24(18-51)66-41/h9,22-39,41-43,50-52,54-61H,10-19H2,1-8H3,(H,62,63)/t22?,23?,24-,25?,26?,27+,28-,29-,30?,31?,32-,33-,34-,35?,36?,37-,38-,39-,41-,42-,43+,46-,47+,48+,49-/m0/s1. The van der Waals surface area contributed by atoms with Crippen LogP contribution in [0.5, 0.6) is 0 Å². The molecule has 8 rings (SSSR count). The molecule has 12 N–H and O–H groups in total. The Hall–Kier alpha value is -2.00. The third-order valence-electron chi connectivity index (χ3n) is 19.6. The van der Waals surface area contributed by atoms with Gasteiger partial charge in [-0.05, 0) is 89.8 Å². The van der Waals surface area contributed by atoms with Gasteiger partial charge in [-0.3, -0.25) is 4.79 Å². The summed E-state index contributed by atoms with van der Waals surface area (Å²) in [5, 5.41) is 131. The molecule has 0 spiro atoms. The molecule has 21 nitrogen and oxygen atoms in total. The zero-order chi connectivity index (χ0) is 51.6. The summed E-state index contributed by atoms with van der Waals surface area (Å²) >= 11 is 0. The maximum absolute atomic E-state index is 12.8. The summed E-state index contributed by atoms with van der Waals surface area (Å²) in [6.07, 6.45) is -22.9. The monoisotopic (exact) mass is 1000 g/mol. The number of aliphatic hydroxyl groups excluding tert-OH is 11. The fraction of sp³-hybridized carbons (Fsp3) is 0.918. The fourth-order valence-electron chi connectivity index (χ4n) is 15.5. The molecule has 70 heavy (non-hydrogen) atoms. The number of rotatable bonds is 11. The Bertz CT molecular complexity index is 1970. The highest BCUT2D eigenvalue weighted by molar-refractivity contribution is 5.73. The smallest absolute Gasteiger partial charge is 0.335 e. The average Bonchev–Trinajstić information content (AvgIpc) is 3.56. The van der Waals surface area contributed by atoms with E-state index in [0.29, 0.717) is 32.1 Å². The SMILES string of the molecule is CC(=O)O[C@H]1[C@H](O)C(C)(C)CC2C3=CCC4[C@@]5(C)CC[C@H](O[C@@H]6OC(C(=O)O)[C@@H](O)C(O[C@@H]7O[C@@H](CO)C(O)[C@@H]7O)[C@@H]6O[C@@H]6OC(CO)[C@H](O)C(O)[C@@H]6O)C(C)(C)C5CC[C@@]4(C)[C@]3(C)C[C@@H](O)[C@]21CO. The third-order valence-corrected chi connectivity index (χ3v) is 19.6. The molecule has 8 unspecified atom stereocenters. The van der Waals surface area contributed by atoms with Gasteiger partial charge in [-0.15, -0.1) is 0 Å². The maximum atomic E-state index is 12.8. The first-order valence-corrected chi connectivity index (χ1v) is 24.9. The van der Waals surface area contributed by atoms with Crippen LogP contribution in [-0.4, -0.2) is 203 Å². The lowest BCUT2D eigenvalue weighted by atomic mass is 9.33. The highest BCUT2D eigenvalue weighted by Gasteiger charge is 2.73. The van der Waals surface area contributed by atoms with Crippen LogP contribution < -0.4 is 0 Å². The van der Waals surface area contributed by atoms with E-state index in [1.54, 1.807) is 0 Å². The van der Waals surface area contributed by atoms with Gasteiger partial charge in [-0.1, -0.05) is 60.1 Å². The van der Waals surface area contributed by atoms with Gasteiger partial charge < -0.3 is 94.4 Å². The van der Waals surface area contributed by atoms with Crippen LogP contribution in [0.4, 0.5) is 0 Å². The van der Waals surface area contributed by atoms with Crippen molar-refractivity contribution >= 4 is 11.9 Å². The summed E-state index contributed by atoms with van der Waals surface area (Å²) in [7, 11) is 0. The van der Waals surface area contributed by atoms with Crippen molar-refractivity contribution in [1.82, 2.24) is 0 Å². The lowest BCUT2D eigenvalue weighted by molar-refractivity contribution is -0.386. The van der Waals surface area contributed by atoms with Crippen LogP contribution in [0.3, 0.4) is 0 Å². The summed E-state index contributed by atoms with van der Waals surface area (Å²) < 4.78 is 42.2. The van der Waals surface area contributed by atoms with E-state index in [1.807, 2.05) is 13.8 Å².